The Hall–Kier alpha value is -0.0200. The quantitative estimate of drug-likeness (QED) is 0.459. The third-order valence-electron chi connectivity index (χ3n) is 2.14. The molecule has 0 atom stereocenters. The normalized spacial score (nSPS) is 11.8. The molecule has 0 radical (unpaired) electrons. The van der Waals surface area contributed by atoms with Gasteiger partial charge in [0.05, 0.1) is 13.2 Å². The monoisotopic (exact) mass is 438 g/mol. The highest BCUT2D eigenvalue weighted by molar-refractivity contribution is 8.31. The van der Waals surface area contributed by atoms with Gasteiger partial charge in [-0.05, 0) is 20.8 Å². The SMILES string of the molecule is CCOP(=S)(OCC)Oc1cc(C)nc(C(C)C)n1.O=S(=O)(Cl)Cl. The maximum atomic E-state index is 9.16. The highest BCUT2D eigenvalue weighted by Crippen LogP contribution is 2.49. The molecule has 0 aliphatic rings. The summed E-state index contributed by atoms with van der Waals surface area (Å²) in [6, 6.07) is 1.74. The summed E-state index contributed by atoms with van der Waals surface area (Å²) >= 11 is 5.32. The molecule has 24 heavy (non-hydrogen) atoms. The zero-order valence-corrected chi connectivity index (χ0v) is 18.1. The van der Waals surface area contributed by atoms with Gasteiger partial charge in [-0.3, -0.25) is 9.05 Å². The Kier molecular flexibility index (Phi) is 10.8. The number of halogens is 2. The smallest absolute Gasteiger partial charge is 0.381 e. The van der Waals surface area contributed by atoms with Crippen molar-refractivity contribution >= 4 is 48.2 Å². The van der Waals surface area contributed by atoms with Gasteiger partial charge >= 0.3 is 15.0 Å². The lowest BCUT2D eigenvalue weighted by Crippen LogP contribution is -2.06. The first-order chi connectivity index (χ1) is 10.9. The van der Waals surface area contributed by atoms with E-state index in [-0.39, 0.29) is 5.92 Å². The predicted molar refractivity (Wildman–Crippen MR) is 99.6 cm³/mol. The van der Waals surface area contributed by atoms with Crippen molar-refractivity contribution in [3.63, 3.8) is 0 Å². The molecule has 0 unspecified atom stereocenters. The Bertz CT molecular complexity index is 655. The van der Waals surface area contributed by atoms with E-state index in [1.54, 1.807) is 6.07 Å². The molecule has 7 nitrogen and oxygen atoms in total. The molecule has 1 aromatic heterocycles. The summed E-state index contributed by atoms with van der Waals surface area (Å²) < 4.78 is 34.9. The van der Waals surface area contributed by atoms with Crippen LogP contribution in [0.2, 0.25) is 0 Å². The fourth-order valence-corrected chi connectivity index (χ4v) is 3.38. The lowest BCUT2D eigenvalue weighted by Gasteiger charge is -2.20. The summed E-state index contributed by atoms with van der Waals surface area (Å²) in [5, 5.41) is 0. The third kappa shape index (κ3) is 11.5. The summed E-state index contributed by atoms with van der Waals surface area (Å²) in [5.74, 6) is 1.37. The molecule has 0 N–H and O–H groups in total. The minimum atomic E-state index is -3.72. The molecule has 0 bridgehead atoms. The lowest BCUT2D eigenvalue weighted by molar-refractivity contribution is 0.215. The van der Waals surface area contributed by atoms with Gasteiger partial charge in [0.1, 0.15) is 5.82 Å². The van der Waals surface area contributed by atoms with Crippen molar-refractivity contribution in [2.24, 2.45) is 0 Å². The van der Waals surface area contributed by atoms with E-state index in [1.165, 1.54) is 0 Å². The highest BCUT2D eigenvalue weighted by Gasteiger charge is 2.22. The minimum absolute atomic E-state index is 0.222. The topological polar surface area (TPSA) is 87.6 Å². The van der Waals surface area contributed by atoms with Gasteiger partial charge in [-0.15, -0.1) is 0 Å². The molecule has 0 saturated heterocycles. The fourth-order valence-electron chi connectivity index (χ4n) is 1.39. The maximum absolute atomic E-state index is 9.16. The Morgan fingerprint density at radius 2 is 1.67 bits per heavy atom. The van der Waals surface area contributed by atoms with Gasteiger partial charge < -0.3 is 4.52 Å². The second-order valence-electron chi connectivity index (χ2n) is 4.61. The second kappa shape index (κ2) is 10.9. The molecule has 12 heteroatoms. The van der Waals surface area contributed by atoms with Crippen LogP contribution in [0, 0.1) is 6.92 Å². The first-order valence-electron chi connectivity index (χ1n) is 6.98. The van der Waals surface area contributed by atoms with Crippen LogP contribution in [-0.2, 0) is 29.1 Å². The van der Waals surface area contributed by atoms with Crippen LogP contribution in [0.5, 0.6) is 5.88 Å². The van der Waals surface area contributed by atoms with Gasteiger partial charge in [0, 0.05) is 50.8 Å². The van der Waals surface area contributed by atoms with E-state index in [0.717, 1.165) is 11.5 Å². The highest BCUT2D eigenvalue weighted by atomic mass is 36.0. The fraction of sp³-hybridized carbons (Fsp3) is 0.667. The molecule has 1 aromatic rings. The zero-order valence-electron chi connectivity index (χ0n) is 14.0. The average molecular weight is 439 g/mol. The molecule has 0 aliphatic carbocycles. The van der Waals surface area contributed by atoms with Gasteiger partial charge in [-0.1, -0.05) is 13.8 Å². The molecule has 140 valence electrons. The van der Waals surface area contributed by atoms with Crippen LogP contribution in [-0.4, -0.2) is 31.6 Å². The van der Waals surface area contributed by atoms with E-state index >= 15 is 0 Å². The molecule has 0 aromatic carbocycles. The van der Waals surface area contributed by atoms with E-state index in [1.807, 2.05) is 34.6 Å². The number of hydrogen-bond donors (Lipinski definition) is 0. The van der Waals surface area contributed by atoms with E-state index in [9.17, 15) is 0 Å². The Balaban J connectivity index is 0.000000922. The van der Waals surface area contributed by atoms with E-state index in [2.05, 4.69) is 31.3 Å². The molecule has 0 spiro atoms. The van der Waals surface area contributed by atoms with E-state index in [4.69, 9.17) is 33.8 Å². The van der Waals surface area contributed by atoms with Crippen molar-refractivity contribution in [2.45, 2.75) is 40.5 Å². The van der Waals surface area contributed by atoms with Crippen molar-refractivity contribution in [3.05, 3.63) is 17.6 Å². The second-order valence-corrected chi connectivity index (χ2v) is 11.2. The van der Waals surface area contributed by atoms with Gasteiger partial charge in [-0.2, -0.15) is 13.4 Å². The molecule has 0 aliphatic heterocycles. The number of rotatable bonds is 7. The summed E-state index contributed by atoms with van der Waals surface area (Å²) in [7, 11) is 4.81. The summed E-state index contributed by atoms with van der Waals surface area (Å²) in [5.41, 5.74) is 0.836. The Labute approximate surface area is 157 Å². The van der Waals surface area contributed by atoms with Crippen molar-refractivity contribution in [1.29, 1.82) is 0 Å². The molecule has 1 heterocycles. The van der Waals surface area contributed by atoms with Crippen molar-refractivity contribution in [1.82, 2.24) is 9.97 Å². The van der Waals surface area contributed by atoms with Gasteiger partial charge in [0.15, 0.2) is 0 Å². The van der Waals surface area contributed by atoms with Gasteiger partial charge in [-0.25, -0.2) is 4.98 Å². The van der Waals surface area contributed by atoms with Crippen LogP contribution in [0.3, 0.4) is 0 Å². The first-order valence-corrected chi connectivity index (χ1v) is 12.7. The third-order valence-corrected chi connectivity index (χ3v) is 4.56. The summed E-state index contributed by atoms with van der Waals surface area (Å²) in [6.07, 6.45) is 0. The maximum Gasteiger partial charge on any atom is 0.381 e. The van der Waals surface area contributed by atoms with Gasteiger partial charge in [0.2, 0.25) is 5.88 Å². The Morgan fingerprint density at radius 1 is 1.21 bits per heavy atom. The summed E-state index contributed by atoms with van der Waals surface area (Å²) in [4.78, 5) is 8.71. The first kappa shape index (κ1) is 24.0. The van der Waals surface area contributed by atoms with Gasteiger partial charge in [0.25, 0.3) is 0 Å². The van der Waals surface area contributed by atoms with Crippen LogP contribution < -0.4 is 4.52 Å². The van der Waals surface area contributed by atoms with E-state index < -0.39 is 15.0 Å². The van der Waals surface area contributed by atoms with Crippen LogP contribution >= 0.6 is 28.1 Å². The minimum Gasteiger partial charge on any atom is -0.406 e. The molecule has 0 fully saturated rings. The van der Waals surface area contributed by atoms with Crippen LogP contribution in [0.15, 0.2) is 6.07 Å². The van der Waals surface area contributed by atoms with Crippen LogP contribution in [0.4, 0.5) is 0 Å². The van der Waals surface area contributed by atoms with Crippen LogP contribution in [0.1, 0.15) is 45.1 Å². The molecule has 0 amide bonds. The standard InChI is InChI=1S/C12H21N2O3PS.Cl2O2S/c1-6-15-18(19,16-7-2)17-11-8-10(5)13-12(14-11)9(3)4;1-5(2,3)4/h8-9H,6-7H2,1-5H3;. The number of aryl methyl sites for hydroxylation is 1. The molecular weight excluding hydrogens is 418 g/mol. The number of hydrogen-bond acceptors (Lipinski definition) is 8. The van der Waals surface area contributed by atoms with E-state index in [0.29, 0.717) is 19.1 Å². The molecule has 0 saturated carbocycles. The van der Waals surface area contributed by atoms with Crippen molar-refractivity contribution in [2.75, 3.05) is 13.2 Å². The zero-order chi connectivity index (χ0) is 19.0. The number of nitrogens with zero attached hydrogens (tertiary/aromatic N) is 2. The predicted octanol–water partition coefficient (Wildman–Crippen LogP) is 4.29. The molecular formula is C12H21Cl2N2O5PS2. The van der Waals surface area contributed by atoms with Crippen LogP contribution in [0.25, 0.3) is 0 Å². The van der Waals surface area contributed by atoms with Crippen molar-refractivity contribution < 1.29 is 22.0 Å². The summed E-state index contributed by atoms with van der Waals surface area (Å²) in [6.45, 7) is 7.78. The van der Waals surface area contributed by atoms with Crippen molar-refractivity contribution in [3.8, 4) is 5.88 Å². The Morgan fingerprint density at radius 3 is 2.04 bits per heavy atom. The lowest BCUT2D eigenvalue weighted by atomic mass is 10.2. The molecule has 1 rings (SSSR count). The number of aromatic nitrogens is 2. The largest absolute Gasteiger partial charge is 0.406 e. The average Bonchev–Trinajstić information content (AvgIpc) is 2.35.